The minimum absolute atomic E-state index is 0.0349. The fourth-order valence-electron chi connectivity index (χ4n) is 3.33. The maximum atomic E-state index is 12.3. The van der Waals surface area contributed by atoms with Crippen molar-refractivity contribution in [1.29, 1.82) is 0 Å². The van der Waals surface area contributed by atoms with Crippen molar-refractivity contribution in [3.05, 3.63) is 48.0 Å². The van der Waals surface area contributed by atoms with Gasteiger partial charge in [0.2, 0.25) is 0 Å². The van der Waals surface area contributed by atoms with Crippen molar-refractivity contribution in [2.24, 2.45) is 5.92 Å². The number of piperidine rings is 1. The maximum absolute atomic E-state index is 12.3. The summed E-state index contributed by atoms with van der Waals surface area (Å²) in [6, 6.07) is 10.4. The predicted octanol–water partition coefficient (Wildman–Crippen LogP) is 3.02. The van der Waals surface area contributed by atoms with Crippen molar-refractivity contribution in [2.45, 2.75) is 45.7 Å². The van der Waals surface area contributed by atoms with Crippen LogP contribution >= 0.6 is 0 Å². The van der Waals surface area contributed by atoms with Crippen LogP contribution in [-0.2, 0) is 13.0 Å². The number of urea groups is 1. The second-order valence-electron chi connectivity index (χ2n) is 7.03. The van der Waals surface area contributed by atoms with Crippen molar-refractivity contribution >= 4 is 6.03 Å². The minimum Gasteiger partial charge on any atom is -0.334 e. The first-order valence-corrected chi connectivity index (χ1v) is 9.08. The van der Waals surface area contributed by atoms with Crippen molar-refractivity contribution in [1.82, 2.24) is 25.0 Å². The van der Waals surface area contributed by atoms with Gasteiger partial charge in [-0.3, -0.25) is 0 Å². The summed E-state index contributed by atoms with van der Waals surface area (Å²) in [5.74, 6) is 1.63. The molecule has 0 atom stereocenters. The third-order valence-electron chi connectivity index (χ3n) is 4.86. The molecule has 1 aromatic carbocycles. The Morgan fingerprint density at radius 1 is 1.24 bits per heavy atom. The van der Waals surface area contributed by atoms with Gasteiger partial charge in [0.25, 0.3) is 0 Å². The largest absolute Gasteiger partial charge is 0.334 e. The molecule has 0 bridgehead atoms. The van der Waals surface area contributed by atoms with E-state index in [0.29, 0.717) is 18.5 Å². The van der Waals surface area contributed by atoms with Crippen LogP contribution in [0.3, 0.4) is 0 Å². The van der Waals surface area contributed by atoms with Gasteiger partial charge in [-0.25, -0.2) is 4.79 Å². The quantitative estimate of drug-likeness (QED) is 0.909. The van der Waals surface area contributed by atoms with Crippen molar-refractivity contribution in [2.75, 3.05) is 13.1 Å². The van der Waals surface area contributed by atoms with E-state index in [1.54, 1.807) is 0 Å². The zero-order valence-electron chi connectivity index (χ0n) is 15.1. The molecule has 6 heteroatoms. The molecular weight excluding hydrogens is 314 g/mol. The molecule has 0 saturated carbocycles. The topological polar surface area (TPSA) is 63.1 Å². The van der Waals surface area contributed by atoms with E-state index in [2.05, 4.69) is 33.9 Å². The Morgan fingerprint density at radius 2 is 1.96 bits per heavy atom. The molecule has 6 nitrogen and oxygen atoms in total. The lowest BCUT2D eigenvalue weighted by Crippen LogP contribution is -2.44. The zero-order chi connectivity index (χ0) is 17.6. The molecule has 3 rings (SSSR count). The van der Waals surface area contributed by atoms with Crippen molar-refractivity contribution in [3.63, 3.8) is 0 Å². The summed E-state index contributed by atoms with van der Waals surface area (Å²) in [5, 5.41) is 11.3. The molecule has 1 fully saturated rings. The predicted molar refractivity (Wildman–Crippen MR) is 97.1 cm³/mol. The Labute approximate surface area is 149 Å². The molecule has 1 aliphatic heterocycles. The molecule has 1 saturated heterocycles. The second-order valence-corrected chi connectivity index (χ2v) is 7.03. The highest BCUT2D eigenvalue weighted by Crippen LogP contribution is 2.22. The van der Waals surface area contributed by atoms with E-state index in [9.17, 15) is 4.79 Å². The first kappa shape index (κ1) is 17.5. The Hall–Kier alpha value is -2.37. The summed E-state index contributed by atoms with van der Waals surface area (Å²) in [7, 11) is 0. The monoisotopic (exact) mass is 341 g/mol. The molecule has 134 valence electrons. The Bertz CT molecular complexity index is 674. The standard InChI is InChI=1S/C19H27N5O/c1-15(2)24-14-21-22-18(24)12-16-8-10-23(11-9-16)19(25)20-13-17-6-4-3-5-7-17/h3-7,14-16H,8-13H2,1-2H3,(H,20,25). The second kappa shape index (κ2) is 8.14. The van der Waals surface area contributed by atoms with E-state index in [4.69, 9.17) is 0 Å². The van der Waals surface area contributed by atoms with E-state index >= 15 is 0 Å². The van der Waals surface area contributed by atoms with Gasteiger partial charge in [-0.2, -0.15) is 0 Å². The Kier molecular flexibility index (Phi) is 5.68. The number of carbonyl (C=O) groups is 1. The summed E-state index contributed by atoms with van der Waals surface area (Å²) in [6.07, 6.45) is 4.79. The molecular formula is C19H27N5O. The highest BCUT2D eigenvalue weighted by Gasteiger charge is 2.24. The van der Waals surface area contributed by atoms with Crippen LogP contribution in [0.1, 0.15) is 44.1 Å². The van der Waals surface area contributed by atoms with Gasteiger partial charge < -0.3 is 14.8 Å². The van der Waals surface area contributed by atoms with Crippen LogP contribution < -0.4 is 5.32 Å². The number of nitrogens with zero attached hydrogens (tertiary/aromatic N) is 4. The fraction of sp³-hybridized carbons (Fsp3) is 0.526. The first-order chi connectivity index (χ1) is 12.1. The molecule has 0 radical (unpaired) electrons. The first-order valence-electron chi connectivity index (χ1n) is 9.08. The summed E-state index contributed by atoms with van der Waals surface area (Å²) in [5.41, 5.74) is 1.12. The molecule has 1 aliphatic rings. The average molecular weight is 341 g/mol. The van der Waals surface area contributed by atoms with Crippen LogP contribution in [0, 0.1) is 5.92 Å². The number of carbonyl (C=O) groups excluding carboxylic acids is 1. The number of hydrogen-bond acceptors (Lipinski definition) is 3. The third kappa shape index (κ3) is 4.59. The van der Waals surface area contributed by atoms with E-state index in [0.717, 1.165) is 43.7 Å². The number of hydrogen-bond donors (Lipinski definition) is 1. The molecule has 2 amide bonds. The van der Waals surface area contributed by atoms with Crippen molar-refractivity contribution < 1.29 is 4.79 Å². The number of aromatic nitrogens is 3. The molecule has 1 N–H and O–H groups in total. The van der Waals surface area contributed by atoms with Gasteiger partial charge in [0.1, 0.15) is 12.2 Å². The molecule has 25 heavy (non-hydrogen) atoms. The fourth-order valence-corrected chi connectivity index (χ4v) is 3.33. The molecule has 2 heterocycles. The maximum Gasteiger partial charge on any atom is 0.317 e. The van der Waals surface area contributed by atoms with Gasteiger partial charge in [0, 0.05) is 32.1 Å². The lowest BCUT2D eigenvalue weighted by molar-refractivity contribution is 0.169. The van der Waals surface area contributed by atoms with E-state index < -0.39 is 0 Å². The number of benzene rings is 1. The minimum atomic E-state index is 0.0349. The third-order valence-corrected chi connectivity index (χ3v) is 4.86. The Morgan fingerprint density at radius 3 is 2.64 bits per heavy atom. The van der Waals surface area contributed by atoms with E-state index in [-0.39, 0.29) is 6.03 Å². The number of amides is 2. The lowest BCUT2D eigenvalue weighted by atomic mass is 9.93. The van der Waals surface area contributed by atoms with Crippen LogP contribution in [0.2, 0.25) is 0 Å². The van der Waals surface area contributed by atoms with E-state index in [1.807, 2.05) is 41.6 Å². The van der Waals surface area contributed by atoms with Gasteiger partial charge in [-0.15, -0.1) is 10.2 Å². The Balaban J connectivity index is 1.45. The smallest absolute Gasteiger partial charge is 0.317 e. The normalized spacial score (nSPS) is 15.6. The number of likely N-dealkylation sites (tertiary alicyclic amines) is 1. The lowest BCUT2D eigenvalue weighted by Gasteiger charge is -2.32. The van der Waals surface area contributed by atoms with Gasteiger partial charge >= 0.3 is 6.03 Å². The molecule has 0 unspecified atom stereocenters. The average Bonchev–Trinajstić information content (AvgIpc) is 3.09. The van der Waals surface area contributed by atoms with Gasteiger partial charge in [-0.05, 0) is 38.2 Å². The molecule has 0 aliphatic carbocycles. The zero-order valence-corrected chi connectivity index (χ0v) is 15.1. The van der Waals surface area contributed by atoms with Gasteiger partial charge in [0.05, 0.1) is 0 Å². The van der Waals surface area contributed by atoms with Crippen LogP contribution in [0.15, 0.2) is 36.7 Å². The van der Waals surface area contributed by atoms with Crippen LogP contribution in [-0.4, -0.2) is 38.8 Å². The molecule has 2 aromatic rings. The highest BCUT2D eigenvalue weighted by atomic mass is 16.2. The molecule has 0 spiro atoms. The van der Waals surface area contributed by atoms with E-state index in [1.165, 1.54) is 0 Å². The summed E-state index contributed by atoms with van der Waals surface area (Å²) in [6.45, 7) is 6.48. The highest BCUT2D eigenvalue weighted by molar-refractivity contribution is 5.74. The SMILES string of the molecule is CC(C)n1cnnc1CC1CCN(C(=O)NCc2ccccc2)CC1. The summed E-state index contributed by atoms with van der Waals surface area (Å²) < 4.78 is 2.14. The van der Waals surface area contributed by atoms with Gasteiger partial charge in [0.15, 0.2) is 0 Å². The van der Waals surface area contributed by atoms with Crippen LogP contribution in [0.4, 0.5) is 4.79 Å². The number of nitrogens with one attached hydrogen (secondary N) is 1. The van der Waals surface area contributed by atoms with Crippen molar-refractivity contribution in [3.8, 4) is 0 Å². The molecule has 1 aromatic heterocycles. The van der Waals surface area contributed by atoms with Crippen LogP contribution in [0.5, 0.6) is 0 Å². The van der Waals surface area contributed by atoms with Crippen LogP contribution in [0.25, 0.3) is 0 Å². The summed E-state index contributed by atoms with van der Waals surface area (Å²) in [4.78, 5) is 14.3. The summed E-state index contributed by atoms with van der Waals surface area (Å²) >= 11 is 0. The van der Waals surface area contributed by atoms with Gasteiger partial charge in [-0.1, -0.05) is 30.3 Å². The number of rotatable bonds is 5.